The summed E-state index contributed by atoms with van der Waals surface area (Å²) in [5, 5.41) is 5.82. The molecule has 0 radical (unpaired) electrons. The maximum Gasteiger partial charge on any atom is 0.222 e. The van der Waals surface area contributed by atoms with Crippen molar-refractivity contribution in [3.05, 3.63) is 58.2 Å². The fourth-order valence-electron chi connectivity index (χ4n) is 3.27. The molecule has 0 bridgehead atoms. The van der Waals surface area contributed by atoms with E-state index in [0.717, 1.165) is 34.5 Å². The highest BCUT2D eigenvalue weighted by molar-refractivity contribution is 9.10. The fourth-order valence-corrected chi connectivity index (χ4v) is 3.54. The molecule has 1 aliphatic heterocycles. The minimum atomic E-state index is -0.381. The number of anilines is 1. The highest BCUT2D eigenvalue weighted by Crippen LogP contribution is 2.21. The van der Waals surface area contributed by atoms with Crippen molar-refractivity contribution < 1.29 is 14.3 Å². The van der Waals surface area contributed by atoms with Crippen LogP contribution >= 0.6 is 15.9 Å². The number of carbonyl (C=O) groups excluding carboxylic acids is 2. The monoisotopic (exact) mass is 460 g/mol. The van der Waals surface area contributed by atoms with Crippen LogP contribution in [-0.2, 0) is 20.9 Å². The molecule has 0 saturated carbocycles. The lowest BCUT2D eigenvalue weighted by Gasteiger charge is -2.29. The second kappa shape index (κ2) is 10.4. The van der Waals surface area contributed by atoms with Crippen molar-refractivity contribution in [2.45, 2.75) is 25.9 Å². The average molecular weight is 461 g/mol. The number of carbonyl (C=O) groups is 2. The number of rotatable bonds is 7. The summed E-state index contributed by atoms with van der Waals surface area (Å²) in [5.41, 5.74) is 1.84. The molecular formula is C21H25BrN4O3. The molecule has 1 saturated heterocycles. The molecule has 2 heterocycles. The van der Waals surface area contributed by atoms with E-state index < -0.39 is 0 Å². The van der Waals surface area contributed by atoms with E-state index in [0.29, 0.717) is 19.8 Å². The molecule has 1 aliphatic rings. The summed E-state index contributed by atoms with van der Waals surface area (Å²) in [6.07, 6.45) is 1.92. The van der Waals surface area contributed by atoms with Crippen molar-refractivity contribution >= 4 is 33.6 Å². The molecular weight excluding hydrogens is 436 g/mol. The van der Waals surface area contributed by atoms with Gasteiger partial charge in [-0.3, -0.25) is 9.59 Å². The second-order valence-corrected chi connectivity index (χ2v) is 7.79. The number of nitrogens with zero attached hydrogens (tertiary/aromatic N) is 2. The summed E-state index contributed by atoms with van der Waals surface area (Å²) in [6, 6.07) is 11.0. The second-order valence-electron chi connectivity index (χ2n) is 6.87. The summed E-state index contributed by atoms with van der Waals surface area (Å²) in [4.78, 5) is 30.9. The van der Waals surface area contributed by atoms with Crippen LogP contribution in [0, 0.1) is 0 Å². The molecule has 1 fully saturated rings. The minimum Gasteiger partial charge on any atom is -0.378 e. The van der Waals surface area contributed by atoms with E-state index in [-0.39, 0.29) is 24.3 Å². The van der Waals surface area contributed by atoms with Gasteiger partial charge in [0.15, 0.2) is 0 Å². The molecule has 2 aromatic rings. The number of nitrogens with one attached hydrogen (secondary N) is 2. The Hall–Kier alpha value is -2.45. The van der Waals surface area contributed by atoms with E-state index in [1.165, 1.54) is 6.92 Å². The van der Waals surface area contributed by atoms with Crippen LogP contribution in [0.2, 0.25) is 0 Å². The van der Waals surface area contributed by atoms with Gasteiger partial charge in [0.2, 0.25) is 11.8 Å². The van der Waals surface area contributed by atoms with Gasteiger partial charge in [0.25, 0.3) is 0 Å². The maximum absolute atomic E-state index is 12.6. The Morgan fingerprint density at radius 2 is 1.93 bits per heavy atom. The SMILES string of the molecule is CC(=O)NC(CC(=O)NCc1cccnc1N1CCOCC1)c1ccc(Br)cc1. The number of hydrogen-bond donors (Lipinski definition) is 2. The number of hydrogen-bond acceptors (Lipinski definition) is 5. The van der Waals surface area contributed by atoms with Crippen LogP contribution in [-0.4, -0.2) is 43.1 Å². The molecule has 1 aromatic carbocycles. The van der Waals surface area contributed by atoms with Gasteiger partial charge in [-0.05, 0) is 23.8 Å². The molecule has 3 rings (SSSR count). The summed E-state index contributed by atoms with van der Waals surface area (Å²) in [6.45, 7) is 4.75. The van der Waals surface area contributed by atoms with Crippen molar-refractivity contribution in [3.8, 4) is 0 Å². The third-order valence-corrected chi connectivity index (χ3v) is 5.22. The van der Waals surface area contributed by atoms with Gasteiger partial charge in [0.05, 0.1) is 25.7 Å². The van der Waals surface area contributed by atoms with E-state index in [1.54, 1.807) is 6.20 Å². The average Bonchev–Trinajstić information content (AvgIpc) is 2.73. The molecule has 1 unspecified atom stereocenters. The van der Waals surface area contributed by atoms with Crippen molar-refractivity contribution in [3.63, 3.8) is 0 Å². The van der Waals surface area contributed by atoms with E-state index >= 15 is 0 Å². The number of ether oxygens (including phenoxy) is 1. The summed E-state index contributed by atoms with van der Waals surface area (Å²) in [5.74, 6) is 0.568. The summed E-state index contributed by atoms with van der Waals surface area (Å²) >= 11 is 3.40. The lowest BCUT2D eigenvalue weighted by Crippen LogP contribution is -2.38. The molecule has 154 valence electrons. The molecule has 0 aliphatic carbocycles. The van der Waals surface area contributed by atoms with Crippen LogP contribution in [0.1, 0.15) is 30.5 Å². The first-order valence-electron chi connectivity index (χ1n) is 9.59. The van der Waals surface area contributed by atoms with Gasteiger partial charge in [-0.25, -0.2) is 4.98 Å². The van der Waals surface area contributed by atoms with Crippen LogP contribution in [0.3, 0.4) is 0 Å². The Balaban J connectivity index is 1.63. The van der Waals surface area contributed by atoms with Crippen LogP contribution in [0.25, 0.3) is 0 Å². The largest absolute Gasteiger partial charge is 0.378 e. The van der Waals surface area contributed by atoms with Crippen LogP contribution in [0.5, 0.6) is 0 Å². The van der Waals surface area contributed by atoms with Gasteiger partial charge in [0, 0.05) is 42.8 Å². The van der Waals surface area contributed by atoms with Crippen LogP contribution < -0.4 is 15.5 Å². The molecule has 1 atom stereocenters. The number of benzene rings is 1. The Morgan fingerprint density at radius 3 is 2.62 bits per heavy atom. The van der Waals surface area contributed by atoms with Gasteiger partial charge in [-0.1, -0.05) is 34.1 Å². The molecule has 2 N–H and O–H groups in total. The van der Waals surface area contributed by atoms with Gasteiger partial charge < -0.3 is 20.3 Å². The predicted molar refractivity (Wildman–Crippen MR) is 114 cm³/mol. The van der Waals surface area contributed by atoms with Gasteiger partial charge >= 0.3 is 0 Å². The van der Waals surface area contributed by atoms with E-state index in [1.807, 2.05) is 36.4 Å². The number of halogens is 1. The third-order valence-electron chi connectivity index (χ3n) is 4.69. The highest BCUT2D eigenvalue weighted by Gasteiger charge is 2.19. The molecule has 1 aromatic heterocycles. The number of pyridine rings is 1. The lowest BCUT2D eigenvalue weighted by atomic mass is 10.0. The fraction of sp³-hybridized carbons (Fsp3) is 0.381. The first kappa shape index (κ1) is 21.3. The summed E-state index contributed by atoms with van der Waals surface area (Å²) < 4.78 is 6.35. The number of morpholine rings is 1. The first-order valence-corrected chi connectivity index (χ1v) is 10.4. The number of amides is 2. The first-order chi connectivity index (χ1) is 14.0. The Kier molecular flexibility index (Phi) is 7.60. The van der Waals surface area contributed by atoms with E-state index in [9.17, 15) is 9.59 Å². The molecule has 7 nitrogen and oxygen atoms in total. The minimum absolute atomic E-state index is 0.136. The van der Waals surface area contributed by atoms with E-state index in [2.05, 4.69) is 36.4 Å². The van der Waals surface area contributed by atoms with Crippen molar-refractivity contribution in [1.82, 2.24) is 15.6 Å². The molecule has 29 heavy (non-hydrogen) atoms. The summed E-state index contributed by atoms with van der Waals surface area (Å²) in [7, 11) is 0. The van der Waals surface area contributed by atoms with Gasteiger partial charge in [-0.15, -0.1) is 0 Å². The lowest BCUT2D eigenvalue weighted by molar-refractivity contribution is -0.122. The molecule has 2 amide bonds. The van der Waals surface area contributed by atoms with E-state index in [4.69, 9.17) is 4.74 Å². The Morgan fingerprint density at radius 1 is 1.21 bits per heavy atom. The standard InChI is InChI=1S/C21H25BrN4O3/c1-15(27)25-19(16-4-6-18(22)7-5-16)13-20(28)24-14-17-3-2-8-23-21(17)26-9-11-29-12-10-26/h2-8,19H,9-14H2,1H3,(H,24,28)(H,25,27). The Bertz CT molecular complexity index is 838. The normalized spacial score (nSPS) is 14.9. The van der Waals surface area contributed by atoms with Crippen LogP contribution in [0.4, 0.5) is 5.82 Å². The quantitative estimate of drug-likeness (QED) is 0.663. The number of aromatic nitrogens is 1. The van der Waals surface area contributed by atoms with Gasteiger partial charge in [-0.2, -0.15) is 0 Å². The van der Waals surface area contributed by atoms with Crippen LogP contribution in [0.15, 0.2) is 47.1 Å². The molecule has 0 spiro atoms. The Labute approximate surface area is 179 Å². The third kappa shape index (κ3) is 6.27. The van der Waals surface area contributed by atoms with Crippen molar-refractivity contribution in [2.75, 3.05) is 31.2 Å². The highest BCUT2D eigenvalue weighted by atomic mass is 79.9. The topological polar surface area (TPSA) is 83.6 Å². The predicted octanol–water partition coefficient (Wildman–Crippen LogP) is 2.56. The zero-order chi connectivity index (χ0) is 20.6. The smallest absolute Gasteiger partial charge is 0.222 e. The zero-order valence-electron chi connectivity index (χ0n) is 16.4. The van der Waals surface area contributed by atoms with Crippen molar-refractivity contribution in [1.29, 1.82) is 0 Å². The van der Waals surface area contributed by atoms with Gasteiger partial charge in [0.1, 0.15) is 5.82 Å². The zero-order valence-corrected chi connectivity index (χ0v) is 17.9. The van der Waals surface area contributed by atoms with Crippen molar-refractivity contribution in [2.24, 2.45) is 0 Å². The molecule has 8 heteroatoms. The maximum atomic E-state index is 12.6.